The van der Waals surface area contributed by atoms with Crippen molar-refractivity contribution in [1.29, 1.82) is 0 Å². The lowest BCUT2D eigenvalue weighted by Crippen LogP contribution is -2.48. The molecule has 0 heterocycles. The highest BCUT2D eigenvalue weighted by Crippen LogP contribution is 2.13. The zero-order valence-corrected chi connectivity index (χ0v) is 8.44. The number of rotatable bonds is 8. The molecular formula is C7H16O8. The van der Waals surface area contributed by atoms with Crippen molar-refractivity contribution in [3.05, 3.63) is 0 Å². The van der Waals surface area contributed by atoms with E-state index in [1.54, 1.807) is 0 Å². The molecule has 0 saturated heterocycles. The van der Waals surface area contributed by atoms with E-state index < -0.39 is 24.4 Å². The standard InChI is InChI=1S/C7H16O8/c1-4(13-9)6(14-10)7(15-11)5(8)3-12-2/h4-11H,3H2,1-2H3. The van der Waals surface area contributed by atoms with Gasteiger partial charge in [0.25, 0.3) is 0 Å². The Morgan fingerprint density at radius 2 is 1.53 bits per heavy atom. The van der Waals surface area contributed by atoms with Gasteiger partial charge in [0.2, 0.25) is 0 Å². The Morgan fingerprint density at radius 3 is 1.87 bits per heavy atom. The highest BCUT2D eigenvalue weighted by atomic mass is 17.2. The van der Waals surface area contributed by atoms with Gasteiger partial charge in [-0.2, -0.15) is 0 Å². The van der Waals surface area contributed by atoms with E-state index in [-0.39, 0.29) is 6.61 Å². The summed E-state index contributed by atoms with van der Waals surface area (Å²) in [5.41, 5.74) is 0. The van der Waals surface area contributed by atoms with Crippen LogP contribution in [0.25, 0.3) is 0 Å². The Balaban J connectivity index is 4.44. The number of ether oxygens (including phenoxy) is 1. The van der Waals surface area contributed by atoms with Crippen LogP contribution in [0.1, 0.15) is 6.92 Å². The first-order valence-electron chi connectivity index (χ1n) is 4.20. The molecule has 0 aromatic carbocycles. The minimum Gasteiger partial charge on any atom is -0.388 e. The zero-order chi connectivity index (χ0) is 11.8. The third-order valence-electron chi connectivity index (χ3n) is 1.91. The normalized spacial score (nSPS) is 19.6. The van der Waals surface area contributed by atoms with Crippen LogP contribution in [0, 0.1) is 0 Å². The van der Waals surface area contributed by atoms with Gasteiger partial charge in [0.05, 0.1) is 6.61 Å². The fourth-order valence-electron chi connectivity index (χ4n) is 1.09. The minimum absolute atomic E-state index is 0.150. The van der Waals surface area contributed by atoms with Crippen molar-refractivity contribution in [2.24, 2.45) is 0 Å². The van der Waals surface area contributed by atoms with Crippen molar-refractivity contribution in [3.8, 4) is 0 Å². The lowest BCUT2D eigenvalue weighted by atomic mass is 10.0. The molecule has 0 saturated carbocycles. The maximum Gasteiger partial charge on any atom is 0.153 e. The summed E-state index contributed by atoms with van der Waals surface area (Å²) >= 11 is 0. The minimum atomic E-state index is -1.32. The fourth-order valence-corrected chi connectivity index (χ4v) is 1.09. The number of aliphatic hydroxyl groups excluding tert-OH is 1. The van der Waals surface area contributed by atoms with Crippen LogP contribution in [0.5, 0.6) is 0 Å². The van der Waals surface area contributed by atoms with Gasteiger partial charge >= 0.3 is 0 Å². The molecule has 8 nitrogen and oxygen atoms in total. The molecule has 0 radical (unpaired) electrons. The van der Waals surface area contributed by atoms with Gasteiger partial charge in [-0.05, 0) is 6.92 Å². The van der Waals surface area contributed by atoms with Crippen molar-refractivity contribution in [3.63, 3.8) is 0 Å². The highest BCUT2D eigenvalue weighted by molar-refractivity contribution is 4.80. The lowest BCUT2D eigenvalue weighted by Gasteiger charge is -2.27. The average Bonchev–Trinajstić information content (AvgIpc) is 2.24. The molecule has 0 aliphatic heterocycles. The molecule has 0 spiro atoms. The van der Waals surface area contributed by atoms with Gasteiger partial charge in [0.1, 0.15) is 12.2 Å². The van der Waals surface area contributed by atoms with E-state index in [1.807, 2.05) is 0 Å². The second kappa shape index (κ2) is 7.91. The Morgan fingerprint density at radius 1 is 1.00 bits per heavy atom. The monoisotopic (exact) mass is 228 g/mol. The topological polar surface area (TPSA) is 118 Å². The summed E-state index contributed by atoms with van der Waals surface area (Å²) in [5, 5.41) is 34.8. The quantitative estimate of drug-likeness (QED) is 0.327. The molecule has 8 heteroatoms. The molecule has 0 fully saturated rings. The van der Waals surface area contributed by atoms with E-state index in [0.29, 0.717) is 0 Å². The number of aliphatic hydroxyl groups is 1. The van der Waals surface area contributed by atoms with Crippen molar-refractivity contribution in [1.82, 2.24) is 0 Å². The first kappa shape index (κ1) is 14.7. The second-order valence-electron chi connectivity index (χ2n) is 2.97. The van der Waals surface area contributed by atoms with Crippen LogP contribution in [0.15, 0.2) is 0 Å². The molecule has 0 bridgehead atoms. The smallest absolute Gasteiger partial charge is 0.153 e. The van der Waals surface area contributed by atoms with Crippen LogP contribution in [-0.4, -0.2) is 59.0 Å². The third-order valence-corrected chi connectivity index (χ3v) is 1.91. The summed E-state index contributed by atoms with van der Waals surface area (Å²) in [6.07, 6.45) is -4.87. The SMILES string of the molecule is COCC(O)C(OO)C(OO)C(C)OO. The molecule has 92 valence electrons. The van der Waals surface area contributed by atoms with Gasteiger partial charge < -0.3 is 9.84 Å². The van der Waals surface area contributed by atoms with E-state index >= 15 is 0 Å². The summed E-state index contributed by atoms with van der Waals surface area (Å²) in [5.74, 6) is 0. The van der Waals surface area contributed by atoms with Crippen LogP contribution in [0.4, 0.5) is 0 Å². The molecule has 15 heavy (non-hydrogen) atoms. The molecule has 0 rings (SSSR count). The van der Waals surface area contributed by atoms with Crippen molar-refractivity contribution in [2.75, 3.05) is 13.7 Å². The number of hydrogen-bond donors (Lipinski definition) is 4. The van der Waals surface area contributed by atoms with Crippen molar-refractivity contribution >= 4 is 0 Å². The molecule has 4 unspecified atom stereocenters. The zero-order valence-electron chi connectivity index (χ0n) is 8.44. The molecule has 0 aromatic rings. The Kier molecular flexibility index (Phi) is 7.74. The molecular weight excluding hydrogens is 212 g/mol. The van der Waals surface area contributed by atoms with Gasteiger partial charge in [0, 0.05) is 7.11 Å². The number of methoxy groups -OCH3 is 1. The van der Waals surface area contributed by atoms with Crippen LogP contribution in [-0.2, 0) is 19.4 Å². The van der Waals surface area contributed by atoms with E-state index in [2.05, 4.69) is 19.4 Å². The van der Waals surface area contributed by atoms with Gasteiger partial charge in [-0.3, -0.25) is 15.8 Å². The van der Waals surface area contributed by atoms with E-state index in [1.165, 1.54) is 14.0 Å². The molecule has 0 amide bonds. The van der Waals surface area contributed by atoms with E-state index in [9.17, 15) is 5.11 Å². The molecule has 4 N–H and O–H groups in total. The van der Waals surface area contributed by atoms with E-state index in [4.69, 9.17) is 15.8 Å². The summed E-state index contributed by atoms with van der Waals surface area (Å²) in [6.45, 7) is 1.19. The van der Waals surface area contributed by atoms with Crippen molar-refractivity contribution in [2.45, 2.75) is 31.3 Å². The van der Waals surface area contributed by atoms with Crippen LogP contribution in [0.3, 0.4) is 0 Å². The third kappa shape index (κ3) is 4.36. The Bertz CT molecular complexity index is 154. The summed E-state index contributed by atoms with van der Waals surface area (Å²) < 4.78 is 4.61. The summed E-state index contributed by atoms with van der Waals surface area (Å²) in [4.78, 5) is 11.8. The molecule has 0 aliphatic carbocycles. The van der Waals surface area contributed by atoms with Crippen LogP contribution in [0.2, 0.25) is 0 Å². The van der Waals surface area contributed by atoms with Crippen molar-refractivity contribution < 1.29 is 40.3 Å². The predicted molar refractivity (Wildman–Crippen MR) is 46.1 cm³/mol. The molecule has 0 aromatic heterocycles. The average molecular weight is 228 g/mol. The predicted octanol–water partition coefficient (Wildman–Crippen LogP) is -0.412. The molecule has 4 atom stereocenters. The summed E-state index contributed by atoms with van der Waals surface area (Å²) in [7, 11) is 1.33. The largest absolute Gasteiger partial charge is 0.388 e. The Hall–Kier alpha value is -0.320. The van der Waals surface area contributed by atoms with Crippen LogP contribution < -0.4 is 0 Å². The second-order valence-corrected chi connectivity index (χ2v) is 2.97. The molecule has 0 aliphatic rings. The first-order valence-corrected chi connectivity index (χ1v) is 4.20. The maximum atomic E-state index is 9.42. The van der Waals surface area contributed by atoms with Gasteiger partial charge in [0.15, 0.2) is 12.2 Å². The van der Waals surface area contributed by atoms with Gasteiger partial charge in [-0.15, -0.1) is 0 Å². The van der Waals surface area contributed by atoms with Gasteiger partial charge in [-0.25, -0.2) is 14.7 Å². The Labute approximate surface area is 86.3 Å². The fraction of sp³-hybridized carbons (Fsp3) is 1.00. The van der Waals surface area contributed by atoms with Crippen LogP contribution >= 0.6 is 0 Å². The maximum absolute atomic E-state index is 9.42. The lowest BCUT2D eigenvalue weighted by molar-refractivity contribution is -0.403. The summed E-state index contributed by atoms with van der Waals surface area (Å²) in [6, 6.07) is 0. The number of hydrogen-bond acceptors (Lipinski definition) is 8. The first-order chi connectivity index (χ1) is 7.12. The van der Waals surface area contributed by atoms with Gasteiger partial charge in [-0.1, -0.05) is 0 Å². The highest BCUT2D eigenvalue weighted by Gasteiger charge is 2.36. The van der Waals surface area contributed by atoms with E-state index in [0.717, 1.165) is 0 Å².